The molecule has 0 unspecified atom stereocenters. The molecule has 0 spiro atoms. The Morgan fingerprint density at radius 3 is 1.76 bits per heavy atom. The molecule has 46 heavy (non-hydrogen) atoms. The lowest BCUT2D eigenvalue weighted by Gasteiger charge is -2.18. The summed E-state index contributed by atoms with van der Waals surface area (Å²) >= 11 is 1.84. The van der Waals surface area contributed by atoms with Gasteiger partial charge in [0.2, 0.25) is 0 Å². The van der Waals surface area contributed by atoms with Crippen LogP contribution in [0.4, 0.5) is 0 Å². The topological polar surface area (TPSA) is 13.1 Å². The van der Waals surface area contributed by atoms with Gasteiger partial charge in [0.15, 0.2) is 0 Å². The van der Waals surface area contributed by atoms with Crippen LogP contribution >= 0.6 is 11.3 Å². The minimum absolute atomic E-state index is 0.917. The molecule has 0 saturated heterocycles. The second kappa shape index (κ2) is 9.90. The second-order valence-corrected chi connectivity index (χ2v) is 13.1. The Hall–Kier alpha value is -5.70. The minimum Gasteiger partial charge on any atom is -0.455 e. The summed E-state index contributed by atoms with van der Waals surface area (Å²) in [6, 6.07) is 57.2. The molecule has 1 nitrogen and oxygen atoms in total. The van der Waals surface area contributed by atoms with Crippen molar-refractivity contribution in [2.24, 2.45) is 0 Å². The molecule has 0 saturated carbocycles. The molecule has 0 radical (unpaired) electrons. The van der Waals surface area contributed by atoms with Gasteiger partial charge in [-0.25, -0.2) is 0 Å². The number of hydrogen-bond acceptors (Lipinski definition) is 2. The molecule has 8 aromatic carbocycles. The quantitative estimate of drug-likeness (QED) is 0.183. The molecule has 0 fully saturated rings. The second-order valence-electron chi connectivity index (χ2n) is 12.0. The molecule has 0 bridgehead atoms. The van der Waals surface area contributed by atoms with Crippen LogP contribution in [0.25, 0.3) is 97.0 Å². The van der Waals surface area contributed by atoms with Gasteiger partial charge < -0.3 is 4.42 Å². The highest BCUT2D eigenvalue weighted by Crippen LogP contribution is 2.50. The molecule has 2 aromatic heterocycles. The summed E-state index contributed by atoms with van der Waals surface area (Å²) in [6.07, 6.45) is 0. The first-order chi connectivity index (χ1) is 22.8. The minimum atomic E-state index is 0.917. The zero-order chi connectivity index (χ0) is 30.2. The van der Waals surface area contributed by atoms with E-state index in [-0.39, 0.29) is 0 Å². The van der Waals surface area contributed by atoms with Crippen molar-refractivity contribution in [3.8, 4) is 32.7 Å². The van der Waals surface area contributed by atoms with E-state index >= 15 is 0 Å². The van der Waals surface area contributed by atoms with Crippen molar-refractivity contribution in [2.45, 2.75) is 0 Å². The normalized spacial score (nSPS) is 11.9. The lowest BCUT2D eigenvalue weighted by atomic mass is 9.84. The van der Waals surface area contributed by atoms with E-state index in [0.29, 0.717) is 0 Å². The number of benzene rings is 8. The Morgan fingerprint density at radius 2 is 1.02 bits per heavy atom. The van der Waals surface area contributed by atoms with Crippen LogP contribution in [0.1, 0.15) is 0 Å². The molecule has 10 rings (SSSR count). The lowest BCUT2D eigenvalue weighted by Crippen LogP contribution is -1.91. The van der Waals surface area contributed by atoms with E-state index in [1.807, 2.05) is 11.3 Å². The Kier molecular flexibility index (Phi) is 5.51. The highest BCUT2D eigenvalue weighted by Gasteiger charge is 2.23. The van der Waals surface area contributed by atoms with E-state index < -0.39 is 0 Å². The van der Waals surface area contributed by atoms with Gasteiger partial charge in [-0.1, -0.05) is 133 Å². The average Bonchev–Trinajstić information content (AvgIpc) is 3.73. The van der Waals surface area contributed by atoms with E-state index in [1.165, 1.54) is 80.5 Å². The van der Waals surface area contributed by atoms with Crippen molar-refractivity contribution in [3.63, 3.8) is 0 Å². The standard InChI is InChI=1S/C44H26OS/c1-2-13-28(14-3-1)39-25-36-40(46-39)26-37(43-35-20-10-11-21-38(35)45-44(36)43)42-33-18-8-6-16-31(33)41(32-17-7-9-19-34(32)42)30-23-22-27-12-4-5-15-29(27)24-30/h1-26H. The third-order valence-corrected chi connectivity index (χ3v) is 10.6. The van der Waals surface area contributed by atoms with Crippen LogP contribution < -0.4 is 0 Å². The molecule has 0 aliphatic rings. The van der Waals surface area contributed by atoms with Gasteiger partial charge in [-0.15, -0.1) is 11.3 Å². The average molecular weight is 603 g/mol. The Labute approximate surface area is 269 Å². The highest BCUT2D eigenvalue weighted by atomic mass is 32.1. The van der Waals surface area contributed by atoms with Gasteiger partial charge >= 0.3 is 0 Å². The zero-order valence-corrected chi connectivity index (χ0v) is 25.6. The summed E-state index contributed by atoms with van der Waals surface area (Å²) in [6.45, 7) is 0. The van der Waals surface area contributed by atoms with E-state index in [0.717, 1.165) is 16.6 Å². The highest BCUT2D eigenvalue weighted by molar-refractivity contribution is 7.22. The van der Waals surface area contributed by atoms with Crippen LogP contribution in [-0.2, 0) is 0 Å². The van der Waals surface area contributed by atoms with Gasteiger partial charge in [0.1, 0.15) is 11.2 Å². The molecule has 2 heterocycles. The molecule has 0 amide bonds. The van der Waals surface area contributed by atoms with E-state index in [4.69, 9.17) is 4.42 Å². The first-order valence-corrected chi connectivity index (χ1v) is 16.5. The maximum Gasteiger partial charge on any atom is 0.144 e. The third kappa shape index (κ3) is 3.74. The third-order valence-electron chi connectivity index (χ3n) is 9.44. The molecular weight excluding hydrogens is 577 g/mol. The van der Waals surface area contributed by atoms with Crippen molar-refractivity contribution in [1.29, 1.82) is 0 Å². The predicted octanol–water partition coefficient (Wildman–Crippen LogP) is 13.3. The fraction of sp³-hybridized carbons (Fsp3) is 0. The molecule has 0 atom stereocenters. The Balaban J connectivity index is 1.36. The Morgan fingerprint density at radius 1 is 0.413 bits per heavy atom. The summed E-state index contributed by atoms with van der Waals surface area (Å²) < 4.78 is 7.97. The fourth-order valence-electron chi connectivity index (χ4n) is 7.41. The van der Waals surface area contributed by atoms with Crippen molar-refractivity contribution < 1.29 is 4.42 Å². The molecule has 0 aliphatic carbocycles. The maximum absolute atomic E-state index is 6.74. The molecule has 214 valence electrons. The first-order valence-electron chi connectivity index (χ1n) is 15.7. The fourth-order valence-corrected chi connectivity index (χ4v) is 8.52. The summed E-state index contributed by atoms with van der Waals surface area (Å²) in [4.78, 5) is 1.25. The number of furan rings is 1. The number of thiophene rings is 1. The van der Waals surface area contributed by atoms with Gasteiger partial charge in [-0.05, 0) is 84.4 Å². The number of para-hydroxylation sites is 1. The van der Waals surface area contributed by atoms with Crippen LogP contribution in [0.2, 0.25) is 0 Å². The zero-order valence-electron chi connectivity index (χ0n) is 24.8. The van der Waals surface area contributed by atoms with Crippen molar-refractivity contribution in [3.05, 3.63) is 158 Å². The summed E-state index contributed by atoms with van der Waals surface area (Å²) in [5.74, 6) is 0. The van der Waals surface area contributed by atoms with Crippen LogP contribution in [0.3, 0.4) is 0 Å². The van der Waals surface area contributed by atoms with Crippen LogP contribution in [0.15, 0.2) is 162 Å². The van der Waals surface area contributed by atoms with E-state index in [1.54, 1.807) is 0 Å². The Bertz CT molecular complexity index is 2740. The van der Waals surface area contributed by atoms with Gasteiger partial charge in [0, 0.05) is 25.7 Å². The van der Waals surface area contributed by atoms with Crippen LogP contribution in [0, 0.1) is 0 Å². The summed E-state index contributed by atoms with van der Waals surface area (Å²) in [5.41, 5.74) is 8.08. The van der Waals surface area contributed by atoms with Crippen molar-refractivity contribution >= 4 is 75.7 Å². The molecule has 2 heteroatoms. The maximum atomic E-state index is 6.74. The smallest absolute Gasteiger partial charge is 0.144 e. The largest absolute Gasteiger partial charge is 0.455 e. The summed E-state index contributed by atoms with van der Waals surface area (Å²) in [5, 5.41) is 11.0. The van der Waals surface area contributed by atoms with Gasteiger partial charge in [-0.2, -0.15) is 0 Å². The lowest BCUT2D eigenvalue weighted by molar-refractivity contribution is 0.673. The van der Waals surface area contributed by atoms with Crippen LogP contribution in [-0.4, -0.2) is 0 Å². The van der Waals surface area contributed by atoms with Crippen molar-refractivity contribution in [1.82, 2.24) is 0 Å². The van der Waals surface area contributed by atoms with Gasteiger partial charge in [0.25, 0.3) is 0 Å². The van der Waals surface area contributed by atoms with Crippen LogP contribution in [0.5, 0.6) is 0 Å². The molecular formula is C44H26OS. The van der Waals surface area contributed by atoms with Gasteiger partial charge in [-0.3, -0.25) is 0 Å². The molecule has 10 aromatic rings. The van der Waals surface area contributed by atoms with E-state index in [9.17, 15) is 0 Å². The number of hydrogen-bond donors (Lipinski definition) is 0. The van der Waals surface area contributed by atoms with Gasteiger partial charge in [0.05, 0.1) is 0 Å². The van der Waals surface area contributed by atoms with Crippen molar-refractivity contribution in [2.75, 3.05) is 0 Å². The SMILES string of the molecule is c1ccc(-c2cc3c(cc(-c4c5ccccc5c(-c5ccc6ccccc6c5)c5ccccc45)c4c5ccccc5oc34)s2)cc1. The number of fused-ring (bicyclic) bond motifs is 8. The monoisotopic (exact) mass is 602 g/mol. The first kappa shape index (κ1) is 25.6. The number of rotatable bonds is 3. The molecule has 0 N–H and O–H groups in total. The molecule has 0 aliphatic heterocycles. The van der Waals surface area contributed by atoms with E-state index in [2.05, 4.69) is 158 Å². The summed E-state index contributed by atoms with van der Waals surface area (Å²) in [7, 11) is 0. The predicted molar refractivity (Wildman–Crippen MR) is 198 cm³/mol.